The third kappa shape index (κ3) is 1.27. The van der Waals surface area contributed by atoms with E-state index in [0.29, 0.717) is 5.03 Å². The predicted molar refractivity (Wildman–Crippen MR) is 55.3 cm³/mol. The largest absolute Gasteiger partial charge is 0.142 e. The minimum atomic E-state index is 0.716. The van der Waals surface area contributed by atoms with Crippen molar-refractivity contribution in [2.24, 2.45) is 0 Å². The molecule has 0 saturated carbocycles. The van der Waals surface area contributed by atoms with Gasteiger partial charge in [0.05, 0.1) is 4.88 Å². The first-order valence-electron chi connectivity index (χ1n) is 3.66. The molecule has 1 aliphatic carbocycles. The Morgan fingerprint density at radius 2 is 2.33 bits per heavy atom. The van der Waals surface area contributed by atoms with Gasteiger partial charge in [0, 0.05) is 0 Å². The highest BCUT2D eigenvalue weighted by Crippen LogP contribution is 2.31. The van der Waals surface area contributed by atoms with Gasteiger partial charge in [-0.1, -0.05) is 17.3 Å². The molecule has 0 radical (unpaired) electrons. The number of hydrogen-bond acceptors (Lipinski definition) is 1. The average Bonchev–Trinajstić information content (AvgIpc) is 2.44. The maximum absolute atomic E-state index is 6.01. The molecule has 60 valence electrons. The Kier molecular flexibility index (Phi) is 1.93. The normalized spacial score (nSPS) is 14.8. The summed E-state index contributed by atoms with van der Waals surface area (Å²) in [7, 11) is 0. The topological polar surface area (TPSA) is 0 Å². The van der Waals surface area contributed by atoms with Gasteiger partial charge in [0.1, 0.15) is 5.03 Å². The van der Waals surface area contributed by atoms with Crippen LogP contribution in [0.4, 0.5) is 0 Å². The maximum Gasteiger partial charge on any atom is 0.100 e. The molecule has 0 fully saturated rings. The predicted octanol–water partition coefficient (Wildman–Crippen LogP) is 3.90. The van der Waals surface area contributed by atoms with Crippen molar-refractivity contribution in [2.45, 2.75) is 6.92 Å². The summed E-state index contributed by atoms with van der Waals surface area (Å²) in [4.78, 5) is 1.12. The summed E-state index contributed by atoms with van der Waals surface area (Å²) in [5.41, 5.74) is 5.42. The molecule has 1 aromatic heterocycles. The number of fused-ring (bicyclic) bond motifs is 1. The van der Waals surface area contributed by atoms with Crippen LogP contribution in [0, 0.1) is 0 Å². The van der Waals surface area contributed by atoms with Gasteiger partial charge in [-0.05, 0) is 41.7 Å². The summed E-state index contributed by atoms with van der Waals surface area (Å²) in [5, 5.41) is 2.76. The molecule has 0 nitrogen and oxygen atoms in total. The lowest BCUT2D eigenvalue weighted by atomic mass is 10.2. The van der Waals surface area contributed by atoms with E-state index in [4.69, 9.17) is 11.6 Å². The molecule has 0 atom stereocenters. The highest BCUT2D eigenvalue weighted by atomic mass is 35.5. The summed E-state index contributed by atoms with van der Waals surface area (Å²) < 4.78 is 0. The fraction of sp³-hybridized carbons (Fsp3) is 0.100. The molecule has 0 saturated heterocycles. The van der Waals surface area contributed by atoms with Crippen LogP contribution in [0.5, 0.6) is 0 Å². The molecule has 1 heterocycles. The van der Waals surface area contributed by atoms with Crippen LogP contribution in [0.2, 0.25) is 0 Å². The fourth-order valence-corrected chi connectivity index (χ4v) is 2.21. The molecule has 0 spiro atoms. The number of thiophene rings is 1. The molecular weight excluding hydrogens is 188 g/mol. The Morgan fingerprint density at radius 3 is 3.17 bits per heavy atom. The van der Waals surface area contributed by atoms with Gasteiger partial charge in [-0.3, -0.25) is 0 Å². The van der Waals surface area contributed by atoms with Gasteiger partial charge in [-0.15, -0.1) is 11.3 Å². The summed E-state index contributed by atoms with van der Waals surface area (Å²) in [6.45, 7) is 2.05. The van der Waals surface area contributed by atoms with E-state index in [0.717, 1.165) is 4.88 Å². The summed E-state index contributed by atoms with van der Waals surface area (Å²) >= 11 is 7.66. The van der Waals surface area contributed by atoms with Crippen LogP contribution in [0.25, 0.3) is 11.1 Å². The summed E-state index contributed by atoms with van der Waals surface area (Å²) in [6, 6.07) is 2.08. The molecule has 2 heteroatoms. The smallest absolute Gasteiger partial charge is 0.100 e. The number of rotatable bonds is 0. The van der Waals surface area contributed by atoms with E-state index < -0.39 is 0 Å². The van der Waals surface area contributed by atoms with Gasteiger partial charge < -0.3 is 0 Å². The summed E-state index contributed by atoms with van der Waals surface area (Å²) in [6.07, 6.45) is 4.03. The van der Waals surface area contributed by atoms with Crippen molar-refractivity contribution < 1.29 is 0 Å². The number of hydrogen-bond donors (Lipinski definition) is 0. The van der Waals surface area contributed by atoms with Crippen LogP contribution in [0.3, 0.4) is 0 Å². The molecular formula is C10H7ClS. The first-order valence-corrected chi connectivity index (χ1v) is 4.91. The zero-order valence-corrected chi connectivity index (χ0v) is 8.17. The lowest BCUT2D eigenvalue weighted by Crippen LogP contribution is -1.71. The van der Waals surface area contributed by atoms with E-state index in [1.165, 1.54) is 11.1 Å². The van der Waals surface area contributed by atoms with Crippen molar-refractivity contribution in [1.29, 1.82) is 0 Å². The zero-order valence-electron chi connectivity index (χ0n) is 6.60. The SMILES string of the molecule is CC1=Cc2ccsc2C(Cl)=C=C1. The van der Waals surface area contributed by atoms with E-state index in [9.17, 15) is 0 Å². The molecule has 0 amide bonds. The highest BCUT2D eigenvalue weighted by Gasteiger charge is 2.06. The highest BCUT2D eigenvalue weighted by molar-refractivity contribution is 7.12. The Labute approximate surface area is 80.5 Å². The van der Waals surface area contributed by atoms with E-state index >= 15 is 0 Å². The van der Waals surface area contributed by atoms with E-state index in [-0.39, 0.29) is 0 Å². The Balaban J connectivity index is 2.71. The zero-order chi connectivity index (χ0) is 8.55. The van der Waals surface area contributed by atoms with Crippen molar-refractivity contribution >= 4 is 34.0 Å². The van der Waals surface area contributed by atoms with Gasteiger partial charge in [0.2, 0.25) is 0 Å². The quantitative estimate of drug-likeness (QED) is 0.550. The van der Waals surface area contributed by atoms with Crippen molar-refractivity contribution in [3.8, 4) is 0 Å². The molecule has 0 N–H and O–H groups in total. The van der Waals surface area contributed by atoms with Gasteiger partial charge in [0.15, 0.2) is 0 Å². The molecule has 0 aliphatic heterocycles. The Bertz CT molecular complexity index is 403. The van der Waals surface area contributed by atoms with Crippen LogP contribution in [-0.4, -0.2) is 0 Å². The molecule has 2 rings (SSSR count). The van der Waals surface area contributed by atoms with Gasteiger partial charge in [0.25, 0.3) is 0 Å². The van der Waals surface area contributed by atoms with Crippen molar-refractivity contribution in [3.05, 3.63) is 39.3 Å². The van der Waals surface area contributed by atoms with E-state index in [1.54, 1.807) is 11.3 Å². The molecule has 1 aliphatic rings. The second-order valence-corrected chi connectivity index (χ2v) is 3.99. The average molecular weight is 195 g/mol. The van der Waals surface area contributed by atoms with Crippen LogP contribution < -0.4 is 0 Å². The van der Waals surface area contributed by atoms with E-state index in [1.807, 2.05) is 18.4 Å². The first-order chi connectivity index (χ1) is 5.77. The van der Waals surface area contributed by atoms with Gasteiger partial charge in [-0.25, -0.2) is 0 Å². The Morgan fingerprint density at radius 1 is 1.50 bits per heavy atom. The minimum Gasteiger partial charge on any atom is -0.142 e. The molecule has 0 aromatic carbocycles. The Hall–Kier alpha value is -0.750. The fourth-order valence-electron chi connectivity index (χ4n) is 1.14. The maximum atomic E-state index is 6.01. The molecule has 0 bridgehead atoms. The van der Waals surface area contributed by atoms with Gasteiger partial charge >= 0.3 is 0 Å². The second-order valence-electron chi connectivity index (χ2n) is 2.70. The summed E-state index contributed by atoms with van der Waals surface area (Å²) in [5.74, 6) is 0. The van der Waals surface area contributed by atoms with Crippen molar-refractivity contribution in [2.75, 3.05) is 0 Å². The van der Waals surface area contributed by atoms with Crippen LogP contribution >= 0.6 is 22.9 Å². The molecule has 1 aromatic rings. The minimum absolute atomic E-state index is 0.716. The lowest BCUT2D eigenvalue weighted by Gasteiger charge is -1.92. The van der Waals surface area contributed by atoms with E-state index in [2.05, 4.69) is 17.9 Å². The number of halogens is 1. The third-order valence-corrected chi connectivity index (χ3v) is 3.06. The third-order valence-electron chi connectivity index (χ3n) is 1.70. The molecule has 0 unspecified atom stereocenters. The first kappa shape index (κ1) is 7.88. The van der Waals surface area contributed by atoms with Gasteiger partial charge in [-0.2, -0.15) is 0 Å². The van der Waals surface area contributed by atoms with Crippen LogP contribution in [0.15, 0.2) is 28.8 Å². The second kappa shape index (κ2) is 2.95. The molecule has 12 heavy (non-hydrogen) atoms. The van der Waals surface area contributed by atoms with Crippen molar-refractivity contribution in [3.63, 3.8) is 0 Å². The monoisotopic (exact) mass is 194 g/mol. The lowest BCUT2D eigenvalue weighted by molar-refractivity contribution is 1.57. The van der Waals surface area contributed by atoms with Crippen molar-refractivity contribution in [1.82, 2.24) is 0 Å². The van der Waals surface area contributed by atoms with Crippen LogP contribution in [0.1, 0.15) is 17.4 Å². The standard InChI is InChI=1S/C10H7ClS/c1-7-2-3-9(11)10-8(6-7)4-5-12-10/h2,4-6H,1H3. The van der Waals surface area contributed by atoms with Crippen LogP contribution in [-0.2, 0) is 0 Å². The number of allylic oxidation sites excluding steroid dienone is 2.